The zero-order valence-corrected chi connectivity index (χ0v) is 15.4. The molecule has 1 aliphatic heterocycles. The minimum absolute atomic E-state index is 0.287. The predicted octanol–water partition coefficient (Wildman–Crippen LogP) is 2.79. The van der Waals surface area contributed by atoms with Crippen molar-refractivity contribution in [3.8, 4) is 0 Å². The molecule has 140 valence electrons. The summed E-state index contributed by atoms with van der Waals surface area (Å²) in [6, 6.07) is 16.9. The van der Waals surface area contributed by atoms with Gasteiger partial charge in [-0.1, -0.05) is 30.3 Å². The smallest absolute Gasteiger partial charge is 0.338 e. The molecule has 0 fully saturated rings. The Morgan fingerprint density at radius 2 is 1.85 bits per heavy atom. The maximum absolute atomic E-state index is 12.1. The van der Waals surface area contributed by atoms with E-state index >= 15 is 0 Å². The van der Waals surface area contributed by atoms with Crippen molar-refractivity contribution in [3.05, 3.63) is 65.7 Å². The third kappa shape index (κ3) is 5.41. The molecule has 1 aliphatic rings. The molecule has 0 spiro atoms. The van der Waals surface area contributed by atoms with Crippen LogP contribution in [-0.2, 0) is 16.0 Å². The summed E-state index contributed by atoms with van der Waals surface area (Å²) in [6.45, 7) is 3.06. The molecular formula is C21H23N3O3. The van der Waals surface area contributed by atoms with Gasteiger partial charge in [0.1, 0.15) is 0 Å². The van der Waals surface area contributed by atoms with Gasteiger partial charge in [-0.3, -0.25) is 9.80 Å². The van der Waals surface area contributed by atoms with Crippen LogP contribution < -0.4 is 10.3 Å². The van der Waals surface area contributed by atoms with Crippen LogP contribution in [0, 0.1) is 0 Å². The quantitative estimate of drug-likeness (QED) is 0.766. The van der Waals surface area contributed by atoms with E-state index < -0.39 is 5.97 Å². The van der Waals surface area contributed by atoms with E-state index in [-0.39, 0.29) is 12.5 Å². The molecule has 0 unspecified atom stereocenters. The highest BCUT2D eigenvalue weighted by Gasteiger charge is 2.14. The van der Waals surface area contributed by atoms with Crippen molar-refractivity contribution in [2.75, 3.05) is 24.7 Å². The molecule has 0 aromatic heterocycles. The number of nitrogens with one attached hydrogen (secondary N) is 1. The minimum Gasteiger partial charge on any atom is -0.452 e. The molecule has 0 saturated heterocycles. The number of amides is 1. The van der Waals surface area contributed by atoms with Crippen LogP contribution in [0.2, 0.25) is 0 Å². The largest absolute Gasteiger partial charge is 0.452 e. The van der Waals surface area contributed by atoms with E-state index in [9.17, 15) is 9.59 Å². The van der Waals surface area contributed by atoms with Crippen molar-refractivity contribution in [1.29, 1.82) is 0 Å². The Balaban J connectivity index is 1.41. The number of carbonyl (C=O) groups is 2. The van der Waals surface area contributed by atoms with Crippen LogP contribution in [0.25, 0.3) is 0 Å². The molecule has 2 aromatic carbocycles. The number of hydrogen-bond donors (Lipinski definition) is 1. The highest BCUT2D eigenvalue weighted by molar-refractivity contribution is 5.92. The summed E-state index contributed by atoms with van der Waals surface area (Å²) in [5.41, 5.74) is 3.59. The normalized spacial score (nSPS) is 13.2. The Morgan fingerprint density at radius 3 is 2.52 bits per heavy atom. The van der Waals surface area contributed by atoms with Crippen molar-refractivity contribution in [1.82, 2.24) is 5.32 Å². The Labute approximate surface area is 158 Å². The fraction of sp³-hybridized carbons (Fsp3) is 0.286. The summed E-state index contributed by atoms with van der Waals surface area (Å²) in [7, 11) is 0. The number of rotatable bonds is 7. The maximum atomic E-state index is 12.1. The number of anilines is 1. The molecule has 0 aliphatic carbocycles. The Hall–Kier alpha value is -3.15. The third-order valence-electron chi connectivity index (χ3n) is 4.29. The van der Waals surface area contributed by atoms with Crippen LogP contribution in [0.5, 0.6) is 0 Å². The van der Waals surface area contributed by atoms with Crippen molar-refractivity contribution < 1.29 is 14.3 Å². The van der Waals surface area contributed by atoms with Gasteiger partial charge in [0.15, 0.2) is 6.61 Å². The molecule has 6 nitrogen and oxygen atoms in total. The lowest BCUT2D eigenvalue weighted by Crippen LogP contribution is -2.30. The SMILES string of the molecule is CC1=NN(c2ccc(C(=O)OCC(=O)NCCc3ccccc3)cc2)CC1. The van der Waals surface area contributed by atoms with Crippen LogP contribution in [-0.4, -0.2) is 37.3 Å². The topological polar surface area (TPSA) is 71.0 Å². The Kier molecular flexibility index (Phi) is 6.20. The van der Waals surface area contributed by atoms with Crippen molar-refractivity contribution in [2.24, 2.45) is 5.10 Å². The molecule has 1 amide bonds. The fourth-order valence-electron chi connectivity index (χ4n) is 2.79. The molecule has 0 saturated carbocycles. The van der Waals surface area contributed by atoms with Crippen LogP contribution in [0.15, 0.2) is 59.7 Å². The standard InChI is InChI=1S/C21H23N3O3/c1-16-12-14-24(23-16)19-9-7-18(8-10-19)21(26)27-15-20(25)22-13-11-17-5-3-2-4-6-17/h2-10H,11-15H2,1H3,(H,22,25). The number of ether oxygens (including phenoxy) is 1. The van der Waals surface area contributed by atoms with Gasteiger partial charge in [0, 0.05) is 25.2 Å². The lowest BCUT2D eigenvalue weighted by Gasteiger charge is -2.13. The van der Waals surface area contributed by atoms with E-state index in [2.05, 4.69) is 10.4 Å². The molecule has 3 rings (SSSR count). The molecule has 2 aromatic rings. The summed E-state index contributed by atoms with van der Waals surface area (Å²) in [6.07, 6.45) is 1.68. The number of carbonyl (C=O) groups excluding carboxylic acids is 2. The molecule has 0 bridgehead atoms. The zero-order valence-electron chi connectivity index (χ0n) is 15.4. The van der Waals surface area contributed by atoms with Gasteiger partial charge in [-0.2, -0.15) is 5.10 Å². The maximum Gasteiger partial charge on any atom is 0.338 e. The van der Waals surface area contributed by atoms with Gasteiger partial charge in [-0.15, -0.1) is 0 Å². The summed E-state index contributed by atoms with van der Waals surface area (Å²) in [5.74, 6) is -0.821. The van der Waals surface area contributed by atoms with Gasteiger partial charge in [-0.25, -0.2) is 4.79 Å². The fourth-order valence-corrected chi connectivity index (χ4v) is 2.79. The van der Waals surface area contributed by atoms with E-state index in [0.29, 0.717) is 12.1 Å². The number of hydrogen-bond acceptors (Lipinski definition) is 5. The highest BCUT2D eigenvalue weighted by Crippen LogP contribution is 2.20. The molecule has 0 atom stereocenters. The van der Waals surface area contributed by atoms with Crippen LogP contribution in [0.4, 0.5) is 5.69 Å². The second-order valence-electron chi connectivity index (χ2n) is 6.42. The van der Waals surface area contributed by atoms with E-state index in [1.54, 1.807) is 12.1 Å². The van der Waals surface area contributed by atoms with Gasteiger partial charge in [0.2, 0.25) is 0 Å². The van der Waals surface area contributed by atoms with E-state index in [1.807, 2.05) is 54.4 Å². The van der Waals surface area contributed by atoms with Gasteiger partial charge < -0.3 is 10.1 Å². The number of esters is 1. The second-order valence-corrected chi connectivity index (χ2v) is 6.42. The minimum atomic E-state index is -0.513. The van der Waals surface area contributed by atoms with E-state index in [1.165, 1.54) is 0 Å². The first-order valence-corrected chi connectivity index (χ1v) is 9.01. The first kappa shape index (κ1) is 18.6. The summed E-state index contributed by atoms with van der Waals surface area (Å²) in [5, 5.41) is 9.08. The van der Waals surface area contributed by atoms with E-state index in [4.69, 9.17) is 4.74 Å². The van der Waals surface area contributed by atoms with Gasteiger partial charge in [-0.05, 0) is 43.2 Å². The summed E-state index contributed by atoms with van der Waals surface area (Å²) < 4.78 is 5.08. The van der Waals surface area contributed by atoms with Crippen molar-refractivity contribution in [2.45, 2.75) is 19.8 Å². The molecule has 0 radical (unpaired) electrons. The number of hydrazone groups is 1. The zero-order chi connectivity index (χ0) is 19.1. The molecule has 1 N–H and O–H groups in total. The van der Waals surface area contributed by atoms with Gasteiger partial charge in [0.05, 0.1) is 11.3 Å². The van der Waals surface area contributed by atoms with Crippen molar-refractivity contribution >= 4 is 23.3 Å². The first-order chi connectivity index (χ1) is 13.1. The number of benzene rings is 2. The molecule has 6 heteroatoms. The van der Waals surface area contributed by atoms with E-state index in [0.717, 1.165) is 36.3 Å². The monoisotopic (exact) mass is 365 g/mol. The van der Waals surface area contributed by atoms with Gasteiger partial charge in [0.25, 0.3) is 5.91 Å². The predicted molar refractivity (Wildman–Crippen MR) is 105 cm³/mol. The third-order valence-corrected chi connectivity index (χ3v) is 4.29. The first-order valence-electron chi connectivity index (χ1n) is 9.01. The Morgan fingerprint density at radius 1 is 1.11 bits per heavy atom. The van der Waals surface area contributed by atoms with Crippen LogP contribution in [0.3, 0.4) is 0 Å². The molecule has 1 heterocycles. The van der Waals surface area contributed by atoms with Crippen LogP contribution in [0.1, 0.15) is 29.3 Å². The second kappa shape index (κ2) is 8.98. The van der Waals surface area contributed by atoms with Crippen molar-refractivity contribution in [3.63, 3.8) is 0 Å². The number of nitrogens with zero attached hydrogens (tertiary/aromatic N) is 2. The Bertz CT molecular complexity index is 816. The lowest BCUT2D eigenvalue weighted by atomic mass is 10.1. The lowest BCUT2D eigenvalue weighted by molar-refractivity contribution is -0.124. The highest BCUT2D eigenvalue weighted by atomic mass is 16.5. The average Bonchev–Trinajstić information content (AvgIpc) is 3.13. The molecule has 27 heavy (non-hydrogen) atoms. The summed E-state index contributed by atoms with van der Waals surface area (Å²) in [4.78, 5) is 23.9. The summed E-state index contributed by atoms with van der Waals surface area (Å²) >= 11 is 0. The molecular weight excluding hydrogens is 342 g/mol. The van der Waals surface area contributed by atoms with Gasteiger partial charge >= 0.3 is 5.97 Å². The average molecular weight is 365 g/mol. The van der Waals surface area contributed by atoms with Crippen LogP contribution >= 0.6 is 0 Å².